The van der Waals surface area contributed by atoms with Gasteiger partial charge in [0, 0.05) is 23.6 Å². The number of ether oxygens (including phenoxy) is 1. The van der Waals surface area contributed by atoms with Gasteiger partial charge in [0.2, 0.25) is 11.8 Å². The summed E-state index contributed by atoms with van der Waals surface area (Å²) < 4.78 is 36.9. The van der Waals surface area contributed by atoms with E-state index in [4.69, 9.17) is 9.15 Å². The standard InChI is InChI=1S/C19H16F2N2O4/c1-10-22-23-17(27-10)8-11-3-5-13(19(24)25)14(7-11)15-9-12(18(20)21)4-6-16(15)26-2/h3-7,9,18H,8H2,1-2H3,(H,24,25). The van der Waals surface area contributed by atoms with Gasteiger partial charge in [0.1, 0.15) is 5.75 Å². The summed E-state index contributed by atoms with van der Waals surface area (Å²) in [4.78, 5) is 11.7. The van der Waals surface area contributed by atoms with E-state index >= 15 is 0 Å². The van der Waals surface area contributed by atoms with Crippen LogP contribution in [-0.4, -0.2) is 28.4 Å². The zero-order valence-corrected chi connectivity index (χ0v) is 14.6. The first-order valence-electron chi connectivity index (χ1n) is 8.00. The van der Waals surface area contributed by atoms with Gasteiger partial charge in [-0.05, 0) is 35.9 Å². The van der Waals surface area contributed by atoms with Crippen LogP contribution in [0.3, 0.4) is 0 Å². The Morgan fingerprint density at radius 2 is 1.96 bits per heavy atom. The first kappa shape index (κ1) is 18.5. The normalized spacial score (nSPS) is 11.0. The van der Waals surface area contributed by atoms with Gasteiger partial charge >= 0.3 is 5.97 Å². The van der Waals surface area contributed by atoms with Gasteiger partial charge in [-0.1, -0.05) is 6.07 Å². The molecule has 140 valence electrons. The number of rotatable bonds is 6. The van der Waals surface area contributed by atoms with Crippen LogP contribution in [0.5, 0.6) is 5.75 Å². The summed E-state index contributed by atoms with van der Waals surface area (Å²) in [6, 6.07) is 8.54. The van der Waals surface area contributed by atoms with Crippen LogP contribution < -0.4 is 4.74 Å². The summed E-state index contributed by atoms with van der Waals surface area (Å²) in [6.45, 7) is 1.66. The van der Waals surface area contributed by atoms with Gasteiger partial charge < -0.3 is 14.3 Å². The highest BCUT2D eigenvalue weighted by atomic mass is 19.3. The van der Waals surface area contributed by atoms with E-state index in [1.807, 2.05) is 0 Å². The van der Waals surface area contributed by atoms with Crippen molar-refractivity contribution in [1.82, 2.24) is 10.2 Å². The van der Waals surface area contributed by atoms with Crippen LogP contribution in [0.15, 0.2) is 40.8 Å². The lowest BCUT2D eigenvalue weighted by molar-refractivity contribution is 0.0697. The van der Waals surface area contributed by atoms with Gasteiger partial charge in [-0.2, -0.15) is 0 Å². The van der Waals surface area contributed by atoms with Crippen LogP contribution in [0.2, 0.25) is 0 Å². The molecule has 3 aromatic rings. The molecule has 0 aliphatic rings. The Hall–Kier alpha value is -3.29. The summed E-state index contributed by atoms with van der Waals surface area (Å²) in [5.41, 5.74) is 1.00. The number of benzene rings is 2. The molecule has 0 spiro atoms. The molecule has 0 unspecified atom stereocenters. The summed E-state index contributed by atoms with van der Waals surface area (Å²) in [5, 5.41) is 17.2. The number of carboxylic acids is 1. The molecular formula is C19H16F2N2O4. The van der Waals surface area contributed by atoms with Crippen molar-refractivity contribution >= 4 is 5.97 Å². The minimum Gasteiger partial charge on any atom is -0.496 e. The Bertz CT molecular complexity index is 986. The SMILES string of the molecule is COc1ccc(C(F)F)cc1-c1cc(Cc2nnc(C)o2)ccc1C(=O)O. The average molecular weight is 374 g/mol. The fourth-order valence-electron chi connectivity index (χ4n) is 2.77. The van der Waals surface area contributed by atoms with Gasteiger partial charge in [0.05, 0.1) is 19.1 Å². The van der Waals surface area contributed by atoms with Gasteiger partial charge in [0.15, 0.2) is 0 Å². The molecule has 0 atom stereocenters. The number of hydrogen-bond donors (Lipinski definition) is 1. The maximum atomic E-state index is 13.1. The van der Waals surface area contributed by atoms with Crippen LogP contribution in [0.4, 0.5) is 8.78 Å². The lowest BCUT2D eigenvalue weighted by atomic mass is 9.94. The number of hydrogen-bond acceptors (Lipinski definition) is 5. The van der Waals surface area contributed by atoms with Gasteiger partial charge in [-0.3, -0.25) is 0 Å². The minimum atomic E-state index is -2.69. The molecule has 0 radical (unpaired) electrons. The van der Waals surface area contributed by atoms with E-state index in [2.05, 4.69) is 10.2 Å². The quantitative estimate of drug-likeness (QED) is 0.693. The molecule has 1 heterocycles. The first-order valence-corrected chi connectivity index (χ1v) is 8.00. The maximum absolute atomic E-state index is 13.1. The predicted molar refractivity (Wildman–Crippen MR) is 92.2 cm³/mol. The fraction of sp³-hybridized carbons (Fsp3) is 0.211. The summed E-state index contributed by atoms with van der Waals surface area (Å²) in [6.07, 6.45) is -2.41. The zero-order chi connectivity index (χ0) is 19.6. The fourth-order valence-corrected chi connectivity index (χ4v) is 2.77. The Labute approximate surface area is 153 Å². The van der Waals surface area contributed by atoms with E-state index in [1.165, 1.54) is 31.4 Å². The number of aromatic nitrogens is 2. The number of aromatic carboxylic acids is 1. The number of methoxy groups -OCH3 is 1. The highest BCUT2D eigenvalue weighted by molar-refractivity contribution is 5.97. The highest BCUT2D eigenvalue weighted by Crippen LogP contribution is 2.36. The molecule has 1 N–H and O–H groups in total. The number of carboxylic acid groups (broad SMARTS) is 1. The molecule has 0 saturated heterocycles. The topological polar surface area (TPSA) is 85.5 Å². The number of carbonyl (C=O) groups is 1. The van der Waals surface area contributed by atoms with E-state index in [1.54, 1.807) is 19.1 Å². The third-order valence-corrected chi connectivity index (χ3v) is 4.00. The van der Waals surface area contributed by atoms with E-state index in [9.17, 15) is 18.7 Å². The van der Waals surface area contributed by atoms with Crippen molar-refractivity contribution < 1.29 is 27.8 Å². The van der Waals surface area contributed by atoms with Crippen molar-refractivity contribution in [3.63, 3.8) is 0 Å². The second-order valence-corrected chi connectivity index (χ2v) is 5.84. The van der Waals surface area contributed by atoms with E-state index in [0.717, 1.165) is 0 Å². The van der Waals surface area contributed by atoms with Gasteiger partial charge in [-0.15, -0.1) is 10.2 Å². The largest absolute Gasteiger partial charge is 0.496 e. The Morgan fingerprint density at radius 3 is 2.56 bits per heavy atom. The van der Waals surface area contributed by atoms with Crippen LogP contribution in [0, 0.1) is 6.92 Å². The summed E-state index contributed by atoms with van der Waals surface area (Å²) in [7, 11) is 1.40. The molecule has 2 aromatic carbocycles. The third kappa shape index (κ3) is 3.94. The van der Waals surface area contributed by atoms with Crippen LogP contribution >= 0.6 is 0 Å². The van der Waals surface area contributed by atoms with Crippen LogP contribution in [0.25, 0.3) is 11.1 Å². The zero-order valence-electron chi connectivity index (χ0n) is 14.6. The third-order valence-electron chi connectivity index (χ3n) is 4.00. The van der Waals surface area contributed by atoms with Crippen molar-refractivity contribution in [2.45, 2.75) is 19.8 Å². The molecule has 0 aliphatic carbocycles. The summed E-state index contributed by atoms with van der Waals surface area (Å²) in [5.74, 6) is -0.0872. The van der Waals surface area contributed by atoms with Crippen molar-refractivity contribution in [2.24, 2.45) is 0 Å². The smallest absolute Gasteiger partial charge is 0.336 e. The van der Waals surface area contributed by atoms with Crippen molar-refractivity contribution in [3.8, 4) is 16.9 Å². The molecule has 0 aliphatic heterocycles. The maximum Gasteiger partial charge on any atom is 0.336 e. The Morgan fingerprint density at radius 1 is 1.19 bits per heavy atom. The number of alkyl halides is 2. The van der Waals surface area contributed by atoms with E-state index < -0.39 is 12.4 Å². The molecular weight excluding hydrogens is 358 g/mol. The molecule has 6 nitrogen and oxygen atoms in total. The summed E-state index contributed by atoms with van der Waals surface area (Å²) >= 11 is 0. The van der Waals surface area contributed by atoms with E-state index in [0.29, 0.717) is 23.1 Å². The first-order chi connectivity index (χ1) is 12.9. The van der Waals surface area contributed by atoms with Crippen molar-refractivity contribution in [1.29, 1.82) is 0 Å². The van der Waals surface area contributed by atoms with Crippen molar-refractivity contribution in [2.75, 3.05) is 7.11 Å². The van der Waals surface area contributed by atoms with Gasteiger partial charge in [-0.25, -0.2) is 13.6 Å². The molecule has 0 bridgehead atoms. The molecule has 0 fully saturated rings. The Balaban J connectivity index is 2.13. The van der Waals surface area contributed by atoms with Crippen molar-refractivity contribution in [3.05, 3.63) is 64.9 Å². The lowest BCUT2D eigenvalue weighted by Crippen LogP contribution is -2.03. The van der Waals surface area contributed by atoms with E-state index in [-0.39, 0.29) is 28.7 Å². The van der Waals surface area contributed by atoms with Crippen LogP contribution in [-0.2, 0) is 6.42 Å². The molecule has 27 heavy (non-hydrogen) atoms. The van der Waals surface area contributed by atoms with Gasteiger partial charge in [0.25, 0.3) is 6.43 Å². The second-order valence-electron chi connectivity index (χ2n) is 5.84. The second kappa shape index (κ2) is 7.53. The average Bonchev–Trinajstić information content (AvgIpc) is 3.05. The Kier molecular flexibility index (Phi) is 5.16. The minimum absolute atomic E-state index is 0.0230. The van der Waals surface area contributed by atoms with Crippen LogP contribution in [0.1, 0.15) is 39.7 Å². The molecule has 1 aromatic heterocycles. The molecule has 3 rings (SSSR count). The number of nitrogens with zero attached hydrogens (tertiary/aromatic N) is 2. The number of aryl methyl sites for hydroxylation is 1. The molecule has 0 saturated carbocycles. The molecule has 8 heteroatoms. The number of halogens is 2. The highest BCUT2D eigenvalue weighted by Gasteiger charge is 2.19. The predicted octanol–water partition coefficient (Wildman–Crippen LogP) is 4.28. The molecule has 0 amide bonds. The monoisotopic (exact) mass is 374 g/mol. The lowest BCUT2D eigenvalue weighted by Gasteiger charge is -2.14.